The van der Waals surface area contributed by atoms with Crippen molar-refractivity contribution in [2.75, 3.05) is 47.0 Å². The van der Waals surface area contributed by atoms with Crippen molar-refractivity contribution in [1.29, 1.82) is 0 Å². The van der Waals surface area contributed by atoms with Gasteiger partial charge in [-0.1, -0.05) is 38.1 Å². The highest BCUT2D eigenvalue weighted by atomic mass is 19.4. The number of likely N-dealkylation sites (tertiary alicyclic amines) is 2. The Morgan fingerprint density at radius 2 is 1.56 bits per heavy atom. The molecule has 2 heterocycles. The molecule has 8 nitrogen and oxygen atoms in total. The Bertz CT molecular complexity index is 1180. The number of alkyl halides is 3. The molecule has 0 bridgehead atoms. The van der Waals surface area contributed by atoms with E-state index >= 15 is 0 Å². The number of halogens is 3. The van der Waals surface area contributed by atoms with Gasteiger partial charge in [0.25, 0.3) is 5.91 Å². The number of aliphatic carboxylic acids is 1. The zero-order chi connectivity index (χ0) is 30.2. The third-order valence-corrected chi connectivity index (χ3v) is 7.44. The van der Waals surface area contributed by atoms with Gasteiger partial charge in [0.1, 0.15) is 5.75 Å². The number of rotatable bonds is 8. The van der Waals surface area contributed by atoms with Gasteiger partial charge in [-0.25, -0.2) is 4.79 Å². The van der Waals surface area contributed by atoms with E-state index < -0.39 is 12.1 Å². The first-order valence-electron chi connectivity index (χ1n) is 13.6. The standard InChI is InChI=1S/C28H38N2O4.C2HF3O2/c1-21(2)19-34-24-10-6-5-8-22(24)18-29-15-12-28(20-29)13-16-30(17-14-28)27(31)23-9-7-11-25(32-3)26(23)33-4;3-2(4,5)1(6)7/h5-11,21H,12-20H2,1-4H3;(H,6,7). The zero-order valence-electron chi connectivity index (χ0n) is 24.0. The van der Waals surface area contributed by atoms with E-state index in [9.17, 15) is 18.0 Å². The molecule has 2 aromatic carbocycles. The Balaban J connectivity index is 0.000000587. The van der Waals surface area contributed by atoms with Gasteiger partial charge in [0, 0.05) is 31.7 Å². The molecule has 0 aliphatic carbocycles. The zero-order valence-corrected chi connectivity index (χ0v) is 24.0. The molecule has 2 saturated heterocycles. The van der Waals surface area contributed by atoms with Crippen LogP contribution < -0.4 is 14.2 Å². The number of para-hydroxylation sites is 2. The summed E-state index contributed by atoms with van der Waals surface area (Å²) >= 11 is 0. The Kier molecular flexibility index (Phi) is 10.9. The van der Waals surface area contributed by atoms with Gasteiger partial charge >= 0.3 is 12.1 Å². The first kappa shape index (κ1) is 32.0. The minimum atomic E-state index is -5.08. The highest BCUT2D eigenvalue weighted by Gasteiger charge is 2.42. The van der Waals surface area contributed by atoms with Crippen molar-refractivity contribution in [1.82, 2.24) is 9.80 Å². The summed E-state index contributed by atoms with van der Waals surface area (Å²) in [5.41, 5.74) is 2.13. The second-order valence-electron chi connectivity index (χ2n) is 10.9. The van der Waals surface area contributed by atoms with Crippen LogP contribution in [0.5, 0.6) is 17.2 Å². The Morgan fingerprint density at radius 1 is 0.951 bits per heavy atom. The van der Waals surface area contributed by atoms with Crippen LogP contribution in [0.3, 0.4) is 0 Å². The lowest BCUT2D eigenvalue weighted by molar-refractivity contribution is -0.192. The van der Waals surface area contributed by atoms with E-state index in [4.69, 9.17) is 24.1 Å². The second kappa shape index (κ2) is 13.9. The number of hydrogen-bond donors (Lipinski definition) is 1. The number of carboxylic acids is 1. The highest BCUT2D eigenvalue weighted by molar-refractivity contribution is 5.97. The molecule has 41 heavy (non-hydrogen) atoms. The fraction of sp³-hybridized carbons (Fsp3) is 0.533. The normalized spacial score (nSPS) is 16.7. The molecule has 1 N–H and O–H groups in total. The van der Waals surface area contributed by atoms with Crippen molar-refractivity contribution in [3.05, 3.63) is 53.6 Å². The molecular formula is C30H39F3N2O6. The maximum absolute atomic E-state index is 13.3. The number of piperidine rings is 1. The van der Waals surface area contributed by atoms with Crippen LogP contribution in [0.2, 0.25) is 0 Å². The first-order valence-corrected chi connectivity index (χ1v) is 13.6. The predicted octanol–water partition coefficient (Wildman–Crippen LogP) is 5.50. The molecule has 0 saturated carbocycles. The molecule has 4 rings (SSSR count). The van der Waals surface area contributed by atoms with E-state index in [-0.39, 0.29) is 5.91 Å². The molecule has 11 heteroatoms. The highest BCUT2D eigenvalue weighted by Crippen LogP contribution is 2.42. The number of nitrogens with zero attached hydrogens (tertiary/aromatic N) is 2. The molecule has 226 valence electrons. The van der Waals surface area contributed by atoms with Crippen molar-refractivity contribution < 1.29 is 42.1 Å². The van der Waals surface area contributed by atoms with Crippen LogP contribution in [0, 0.1) is 11.3 Å². The average Bonchev–Trinajstić information content (AvgIpc) is 3.33. The summed E-state index contributed by atoms with van der Waals surface area (Å²) in [5, 5.41) is 7.12. The third kappa shape index (κ3) is 8.51. The van der Waals surface area contributed by atoms with Gasteiger partial charge in [0.05, 0.1) is 26.4 Å². The van der Waals surface area contributed by atoms with Crippen LogP contribution in [-0.2, 0) is 11.3 Å². The van der Waals surface area contributed by atoms with E-state index in [1.807, 2.05) is 23.1 Å². The van der Waals surface area contributed by atoms with Crippen LogP contribution >= 0.6 is 0 Å². The van der Waals surface area contributed by atoms with E-state index in [0.717, 1.165) is 57.9 Å². The number of carboxylic acid groups (broad SMARTS) is 1. The monoisotopic (exact) mass is 580 g/mol. The Hall–Kier alpha value is -3.47. The lowest BCUT2D eigenvalue weighted by Crippen LogP contribution is -2.44. The smallest absolute Gasteiger partial charge is 0.490 e. The summed E-state index contributed by atoms with van der Waals surface area (Å²) < 4.78 is 48.7. The number of benzene rings is 2. The van der Waals surface area contributed by atoms with E-state index in [1.165, 1.54) is 12.0 Å². The molecule has 0 radical (unpaired) electrons. The molecule has 1 amide bonds. The summed E-state index contributed by atoms with van der Waals surface area (Å²) in [5.74, 6) is -0.117. The van der Waals surface area contributed by atoms with E-state index in [2.05, 4.69) is 43.0 Å². The number of amides is 1. The summed E-state index contributed by atoms with van der Waals surface area (Å²) in [6.07, 6.45) is -1.83. The number of carbonyl (C=O) groups is 2. The van der Waals surface area contributed by atoms with Crippen LogP contribution in [0.1, 0.15) is 49.0 Å². The molecule has 1 spiro atoms. The van der Waals surface area contributed by atoms with Gasteiger partial charge in [-0.05, 0) is 55.3 Å². The molecule has 0 unspecified atom stereocenters. The Labute approximate surface area is 239 Å². The van der Waals surface area contributed by atoms with Crippen molar-refractivity contribution in [3.8, 4) is 17.2 Å². The molecule has 2 aliphatic heterocycles. The van der Waals surface area contributed by atoms with Gasteiger partial charge in [-0.15, -0.1) is 0 Å². The molecule has 2 fully saturated rings. The van der Waals surface area contributed by atoms with Crippen molar-refractivity contribution in [3.63, 3.8) is 0 Å². The molecular weight excluding hydrogens is 541 g/mol. The lowest BCUT2D eigenvalue weighted by Gasteiger charge is -2.39. The fourth-order valence-corrected chi connectivity index (χ4v) is 5.25. The van der Waals surface area contributed by atoms with Crippen molar-refractivity contribution in [2.45, 2.75) is 45.8 Å². The van der Waals surface area contributed by atoms with E-state index in [0.29, 0.717) is 28.4 Å². The molecule has 2 aromatic rings. The maximum Gasteiger partial charge on any atom is 0.490 e. The third-order valence-electron chi connectivity index (χ3n) is 7.44. The number of carbonyl (C=O) groups excluding carboxylic acids is 1. The van der Waals surface area contributed by atoms with Crippen LogP contribution in [0.25, 0.3) is 0 Å². The van der Waals surface area contributed by atoms with Gasteiger partial charge in [-0.2, -0.15) is 13.2 Å². The summed E-state index contributed by atoms with van der Waals surface area (Å²) in [7, 11) is 3.18. The minimum absolute atomic E-state index is 0.0247. The summed E-state index contributed by atoms with van der Waals surface area (Å²) in [6.45, 7) is 9.74. The van der Waals surface area contributed by atoms with Gasteiger partial charge in [-0.3, -0.25) is 9.69 Å². The molecule has 0 aromatic heterocycles. The quantitative estimate of drug-likeness (QED) is 0.441. The molecule has 0 atom stereocenters. The maximum atomic E-state index is 13.3. The predicted molar refractivity (Wildman–Crippen MR) is 147 cm³/mol. The fourth-order valence-electron chi connectivity index (χ4n) is 5.25. The number of hydrogen-bond acceptors (Lipinski definition) is 6. The van der Waals surface area contributed by atoms with Crippen LogP contribution in [-0.4, -0.2) is 80.0 Å². The number of methoxy groups -OCH3 is 2. The van der Waals surface area contributed by atoms with Gasteiger partial charge in [0.15, 0.2) is 11.5 Å². The van der Waals surface area contributed by atoms with Gasteiger partial charge < -0.3 is 24.2 Å². The van der Waals surface area contributed by atoms with Crippen LogP contribution in [0.15, 0.2) is 42.5 Å². The minimum Gasteiger partial charge on any atom is -0.493 e. The largest absolute Gasteiger partial charge is 0.493 e. The molecule has 2 aliphatic rings. The SMILES string of the molecule is COc1cccc(C(=O)N2CCC3(CCN(Cc4ccccc4OCC(C)C)C3)CC2)c1OC.O=C(O)C(F)(F)F. The lowest BCUT2D eigenvalue weighted by atomic mass is 9.77. The number of ether oxygens (including phenoxy) is 3. The average molecular weight is 581 g/mol. The second-order valence-corrected chi connectivity index (χ2v) is 10.9. The summed E-state index contributed by atoms with van der Waals surface area (Å²) in [6, 6.07) is 13.9. The van der Waals surface area contributed by atoms with Crippen LogP contribution in [0.4, 0.5) is 13.2 Å². The van der Waals surface area contributed by atoms with Crippen molar-refractivity contribution in [2.24, 2.45) is 11.3 Å². The van der Waals surface area contributed by atoms with Crippen molar-refractivity contribution >= 4 is 11.9 Å². The van der Waals surface area contributed by atoms with Gasteiger partial charge in [0.2, 0.25) is 0 Å². The first-order chi connectivity index (χ1) is 19.4. The topological polar surface area (TPSA) is 88.5 Å². The Morgan fingerprint density at radius 3 is 2.15 bits per heavy atom. The van der Waals surface area contributed by atoms with E-state index in [1.54, 1.807) is 14.2 Å². The summed E-state index contributed by atoms with van der Waals surface area (Å²) in [4.78, 5) is 26.7.